The van der Waals surface area contributed by atoms with E-state index in [2.05, 4.69) is 10.5 Å². The Morgan fingerprint density at radius 2 is 1.96 bits per heavy atom. The van der Waals surface area contributed by atoms with E-state index in [4.69, 9.17) is 16.0 Å². The maximum Gasteiger partial charge on any atom is 0.272 e. The van der Waals surface area contributed by atoms with Gasteiger partial charge in [0.25, 0.3) is 11.6 Å². The van der Waals surface area contributed by atoms with Gasteiger partial charge in [-0.1, -0.05) is 35.9 Å². The highest BCUT2D eigenvalue weighted by Crippen LogP contribution is 2.25. The van der Waals surface area contributed by atoms with Crippen molar-refractivity contribution in [1.29, 1.82) is 0 Å². The number of carbonyl (C=O) groups excluding carboxylic acids is 1. The molecule has 1 N–H and O–H groups in total. The van der Waals surface area contributed by atoms with E-state index < -0.39 is 10.8 Å². The summed E-state index contributed by atoms with van der Waals surface area (Å²) in [7, 11) is 0. The number of benzene rings is 2. The van der Waals surface area contributed by atoms with Crippen molar-refractivity contribution in [3.63, 3.8) is 0 Å². The predicted molar refractivity (Wildman–Crippen MR) is 97.3 cm³/mol. The molecule has 3 aromatic rings. The Morgan fingerprint density at radius 3 is 2.73 bits per heavy atom. The molecule has 2 aromatic carbocycles. The molecule has 0 radical (unpaired) electrons. The molecule has 0 bridgehead atoms. The third-order valence-corrected chi connectivity index (χ3v) is 3.77. The Kier molecular flexibility index (Phi) is 5.09. The van der Waals surface area contributed by atoms with E-state index in [-0.39, 0.29) is 5.69 Å². The number of nitrogens with one attached hydrogen (secondary N) is 1. The molecular formula is C18H12ClN3O4. The summed E-state index contributed by atoms with van der Waals surface area (Å²) < 4.78 is 5.57. The SMILES string of the molecule is O=C(N/N=C/c1ccc(-c2cccc([N+](=O)[O-])c2)o1)c1ccccc1Cl. The van der Waals surface area contributed by atoms with Crippen LogP contribution in [0.5, 0.6) is 0 Å². The van der Waals surface area contributed by atoms with Gasteiger partial charge in [0.05, 0.1) is 21.7 Å². The Labute approximate surface area is 153 Å². The molecule has 130 valence electrons. The van der Waals surface area contributed by atoms with Crippen LogP contribution in [-0.2, 0) is 0 Å². The minimum absolute atomic E-state index is 0.0267. The van der Waals surface area contributed by atoms with Crippen LogP contribution in [0.15, 0.2) is 70.2 Å². The zero-order valence-electron chi connectivity index (χ0n) is 13.3. The number of nitro groups is 1. The van der Waals surface area contributed by atoms with Crippen molar-refractivity contribution >= 4 is 29.4 Å². The summed E-state index contributed by atoms with van der Waals surface area (Å²) in [6, 6.07) is 16.0. The molecule has 0 saturated carbocycles. The van der Waals surface area contributed by atoms with Gasteiger partial charge >= 0.3 is 0 Å². The minimum atomic E-state index is -0.473. The quantitative estimate of drug-likeness (QED) is 0.412. The fourth-order valence-corrected chi connectivity index (χ4v) is 2.43. The van der Waals surface area contributed by atoms with Crippen LogP contribution in [0.1, 0.15) is 16.1 Å². The molecule has 0 unspecified atom stereocenters. The first-order valence-electron chi connectivity index (χ1n) is 7.47. The van der Waals surface area contributed by atoms with Gasteiger partial charge in [0.15, 0.2) is 0 Å². The highest BCUT2D eigenvalue weighted by atomic mass is 35.5. The minimum Gasteiger partial charge on any atom is -0.455 e. The zero-order chi connectivity index (χ0) is 18.5. The first-order chi connectivity index (χ1) is 12.5. The fourth-order valence-electron chi connectivity index (χ4n) is 2.21. The van der Waals surface area contributed by atoms with Crippen molar-refractivity contribution in [2.75, 3.05) is 0 Å². The first-order valence-corrected chi connectivity index (χ1v) is 7.85. The highest BCUT2D eigenvalue weighted by molar-refractivity contribution is 6.33. The van der Waals surface area contributed by atoms with E-state index in [9.17, 15) is 14.9 Å². The molecule has 0 aliphatic rings. The van der Waals surface area contributed by atoms with E-state index in [1.54, 1.807) is 48.5 Å². The lowest BCUT2D eigenvalue weighted by atomic mass is 10.1. The number of hydrogen-bond donors (Lipinski definition) is 1. The summed E-state index contributed by atoms with van der Waals surface area (Å²) in [5.74, 6) is 0.385. The Morgan fingerprint density at radius 1 is 1.15 bits per heavy atom. The van der Waals surface area contributed by atoms with Gasteiger partial charge in [-0.25, -0.2) is 5.43 Å². The van der Waals surface area contributed by atoms with Crippen LogP contribution >= 0.6 is 11.6 Å². The van der Waals surface area contributed by atoms with Gasteiger partial charge in [0.1, 0.15) is 11.5 Å². The molecule has 0 fully saturated rings. The third kappa shape index (κ3) is 3.96. The lowest BCUT2D eigenvalue weighted by molar-refractivity contribution is -0.384. The molecule has 26 heavy (non-hydrogen) atoms. The van der Waals surface area contributed by atoms with Crippen molar-refractivity contribution < 1.29 is 14.1 Å². The fraction of sp³-hybridized carbons (Fsp3) is 0. The van der Waals surface area contributed by atoms with Crippen LogP contribution in [0.4, 0.5) is 5.69 Å². The number of rotatable bonds is 5. The number of nitro benzene ring substituents is 1. The summed E-state index contributed by atoms with van der Waals surface area (Å²) in [6.45, 7) is 0. The summed E-state index contributed by atoms with van der Waals surface area (Å²) >= 11 is 5.94. The standard InChI is InChI=1S/C18H12ClN3O4/c19-16-7-2-1-6-15(16)18(23)21-20-11-14-8-9-17(26-14)12-4-3-5-13(10-12)22(24)25/h1-11H,(H,21,23)/b20-11+. The summed E-state index contributed by atoms with van der Waals surface area (Å²) in [5.41, 5.74) is 3.21. The van der Waals surface area contributed by atoms with Crippen molar-refractivity contribution in [2.45, 2.75) is 0 Å². The normalized spacial score (nSPS) is 10.8. The number of furan rings is 1. The van der Waals surface area contributed by atoms with Crippen molar-refractivity contribution in [1.82, 2.24) is 5.43 Å². The van der Waals surface area contributed by atoms with Gasteiger partial charge in [-0.05, 0) is 24.3 Å². The van der Waals surface area contributed by atoms with Crippen LogP contribution in [0.3, 0.4) is 0 Å². The molecule has 1 heterocycles. The molecule has 0 atom stereocenters. The van der Waals surface area contributed by atoms with Gasteiger partial charge in [-0.3, -0.25) is 14.9 Å². The average Bonchev–Trinajstić information content (AvgIpc) is 3.11. The molecular weight excluding hydrogens is 358 g/mol. The smallest absolute Gasteiger partial charge is 0.272 e. The van der Waals surface area contributed by atoms with E-state index in [1.165, 1.54) is 18.3 Å². The Bertz CT molecular complexity index is 997. The predicted octanol–water partition coefficient (Wildman–Crippen LogP) is 4.27. The van der Waals surface area contributed by atoms with Gasteiger partial charge < -0.3 is 4.42 Å². The van der Waals surface area contributed by atoms with Crippen molar-refractivity contribution in [2.24, 2.45) is 5.10 Å². The molecule has 0 aliphatic heterocycles. The number of hydrogen-bond acceptors (Lipinski definition) is 5. The topological polar surface area (TPSA) is 97.7 Å². The van der Waals surface area contributed by atoms with Gasteiger partial charge in [-0.15, -0.1) is 0 Å². The second-order valence-electron chi connectivity index (χ2n) is 5.19. The number of carbonyl (C=O) groups is 1. The van der Waals surface area contributed by atoms with Crippen molar-refractivity contribution in [3.8, 4) is 11.3 Å². The third-order valence-electron chi connectivity index (χ3n) is 3.44. The number of non-ortho nitro benzene ring substituents is 1. The summed E-state index contributed by atoms with van der Waals surface area (Å²) in [5, 5.41) is 15.0. The van der Waals surface area contributed by atoms with Gasteiger partial charge in [0.2, 0.25) is 0 Å². The van der Waals surface area contributed by atoms with Gasteiger partial charge in [0, 0.05) is 17.7 Å². The Hall–Kier alpha value is -3.45. The van der Waals surface area contributed by atoms with Crippen molar-refractivity contribution in [3.05, 3.63) is 87.1 Å². The average molecular weight is 370 g/mol. The van der Waals surface area contributed by atoms with Crippen LogP contribution in [-0.4, -0.2) is 17.0 Å². The molecule has 1 amide bonds. The van der Waals surface area contributed by atoms with Crippen LogP contribution in [0.25, 0.3) is 11.3 Å². The van der Waals surface area contributed by atoms with Gasteiger partial charge in [-0.2, -0.15) is 5.10 Å². The van der Waals surface area contributed by atoms with E-state index in [0.717, 1.165) is 0 Å². The molecule has 8 heteroatoms. The zero-order valence-corrected chi connectivity index (χ0v) is 14.0. The molecule has 1 aromatic heterocycles. The van der Waals surface area contributed by atoms with Crippen LogP contribution in [0.2, 0.25) is 5.02 Å². The second-order valence-corrected chi connectivity index (χ2v) is 5.60. The number of nitrogens with zero attached hydrogens (tertiary/aromatic N) is 2. The summed E-state index contributed by atoms with van der Waals surface area (Å²) in [6.07, 6.45) is 1.33. The number of amides is 1. The van der Waals surface area contributed by atoms with E-state index >= 15 is 0 Å². The second kappa shape index (κ2) is 7.62. The van der Waals surface area contributed by atoms with Crippen LogP contribution in [0, 0.1) is 10.1 Å². The number of halogens is 1. The first kappa shape index (κ1) is 17.4. The van der Waals surface area contributed by atoms with E-state index in [1.807, 2.05) is 0 Å². The van der Waals surface area contributed by atoms with E-state index in [0.29, 0.717) is 27.7 Å². The monoisotopic (exact) mass is 369 g/mol. The molecule has 0 aliphatic carbocycles. The molecule has 0 spiro atoms. The maximum absolute atomic E-state index is 12.0. The lowest BCUT2D eigenvalue weighted by Gasteiger charge is -2.01. The molecule has 7 nitrogen and oxygen atoms in total. The Balaban J connectivity index is 1.70. The summed E-state index contributed by atoms with van der Waals surface area (Å²) in [4.78, 5) is 22.3. The lowest BCUT2D eigenvalue weighted by Crippen LogP contribution is -2.17. The number of hydrazone groups is 1. The maximum atomic E-state index is 12.0. The highest BCUT2D eigenvalue weighted by Gasteiger charge is 2.10. The van der Waals surface area contributed by atoms with Crippen LogP contribution < -0.4 is 5.43 Å². The molecule has 3 rings (SSSR count). The molecule has 0 saturated heterocycles. The largest absolute Gasteiger partial charge is 0.455 e.